The molecule has 0 radical (unpaired) electrons. The quantitative estimate of drug-likeness (QED) is 0.242. The summed E-state index contributed by atoms with van der Waals surface area (Å²) < 4.78 is 4.33. The van der Waals surface area contributed by atoms with Crippen molar-refractivity contribution in [2.75, 3.05) is 0 Å². The van der Waals surface area contributed by atoms with Crippen LogP contribution in [0.2, 0.25) is 0 Å². The zero-order chi connectivity index (χ0) is 12.6. The SMILES string of the molecule is C=C(C)C(=O)OC(C)O.C=C(C)C(=O)[O-].[Na+]. The molecule has 16 heavy (non-hydrogen) atoms. The van der Waals surface area contributed by atoms with E-state index in [0.29, 0.717) is 0 Å². The summed E-state index contributed by atoms with van der Waals surface area (Å²) in [6, 6.07) is 0. The Morgan fingerprint density at radius 3 is 1.62 bits per heavy atom. The van der Waals surface area contributed by atoms with Crippen LogP contribution in [0.5, 0.6) is 0 Å². The molecule has 0 aromatic rings. The van der Waals surface area contributed by atoms with Gasteiger partial charge in [0.15, 0.2) is 6.29 Å². The second kappa shape index (κ2) is 10.9. The Balaban J connectivity index is -0.000000214. The molecule has 0 saturated heterocycles. The molecule has 6 heteroatoms. The Kier molecular flexibility index (Phi) is 14.1. The molecule has 86 valence electrons. The van der Waals surface area contributed by atoms with E-state index in [9.17, 15) is 14.7 Å². The molecule has 0 saturated carbocycles. The number of carboxylic acids is 1. The minimum absolute atomic E-state index is 0. The first-order chi connectivity index (χ1) is 6.68. The Hall–Kier alpha value is -0.620. The van der Waals surface area contributed by atoms with E-state index >= 15 is 0 Å². The zero-order valence-electron chi connectivity index (χ0n) is 10.1. The molecule has 0 aliphatic rings. The maximum Gasteiger partial charge on any atom is 1.00 e. The van der Waals surface area contributed by atoms with Gasteiger partial charge in [0.25, 0.3) is 0 Å². The predicted molar refractivity (Wildman–Crippen MR) is 52.4 cm³/mol. The summed E-state index contributed by atoms with van der Waals surface area (Å²) in [5.41, 5.74) is 0.353. The molecular weight excluding hydrogens is 223 g/mol. The summed E-state index contributed by atoms with van der Waals surface area (Å²) in [5, 5.41) is 18.0. The van der Waals surface area contributed by atoms with Gasteiger partial charge in [-0.2, -0.15) is 0 Å². The minimum Gasteiger partial charge on any atom is -0.545 e. The number of carbonyl (C=O) groups excluding carboxylic acids is 2. The van der Waals surface area contributed by atoms with Crippen molar-refractivity contribution in [2.45, 2.75) is 27.1 Å². The minimum atomic E-state index is -1.19. The van der Waals surface area contributed by atoms with E-state index in [2.05, 4.69) is 17.9 Å². The van der Waals surface area contributed by atoms with Crippen molar-refractivity contribution in [3.63, 3.8) is 0 Å². The van der Waals surface area contributed by atoms with Gasteiger partial charge in [0, 0.05) is 5.57 Å². The van der Waals surface area contributed by atoms with E-state index in [1.807, 2.05) is 0 Å². The Bertz CT molecular complexity index is 258. The molecule has 0 spiro atoms. The predicted octanol–water partition coefficient (Wildman–Crippen LogP) is -3.24. The molecule has 1 atom stereocenters. The maximum atomic E-state index is 10.5. The van der Waals surface area contributed by atoms with Gasteiger partial charge in [-0.1, -0.05) is 13.2 Å². The fourth-order valence-corrected chi connectivity index (χ4v) is 0.255. The third-order valence-electron chi connectivity index (χ3n) is 0.975. The molecule has 0 heterocycles. The summed E-state index contributed by atoms with van der Waals surface area (Å²) in [7, 11) is 0. The molecule has 5 nitrogen and oxygen atoms in total. The van der Waals surface area contributed by atoms with Crippen LogP contribution in [0.25, 0.3) is 0 Å². The van der Waals surface area contributed by atoms with E-state index in [1.54, 1.807) is 0 Å². The van der Waals surface area contributed by atoms with Crippen LogP contribution in [0.4, 0.5) is 0 Å². The first-order valence-electron chi connectivity index (χ1n) is 4.09. The molecule has 0 aliphatic carbocycles. The van der Waals surface area contributed by atoms with Crippen LogP contribution >= 0.6 is 0 Å². The molecular formula is C10H15NaO5. The van der Waals surface area contributed by atoms with Crippen LogP contribution in [-0.2, 0) is 14.3 Å². The molecule has 0 rings (SSSR count). The monoisotopic (exact) mass is 238 g/mol. The molecule has 0 fully saturated rings. The summed E-state index contributed by atoms with van der Waals surface area (Å²) in [6.07, 6.45) is -1.05. The van der Waals surface area contributed by atoms with Crippen molar-refractivity contribution in [3.8, 4) is 0 Å². The van der Waals surface area contributed by atoms with Crippen molar-refractivity contribution >= 4 is 11.9 Å². The number of esters is 1. The van der Waals surface area contributed by atoms with Crippen molar-refractivity contribution in [3.05, 3.63) is 24.3 Å². The number of hydrogen-bond acceptors (Lipinski definition) is 5. The second-order valence-corrected chi connectivity index (χ2v) is 2.85. The Labute approximate surface area is 117 Å². The van der Waals surface area contributed by atoms with E-state index in [4.69, 9.17) is 5.11 Å². The van der Waals surface area contributed by atoms with Crippen LogP contribution in [0, 0.1) is 0 Å². The molecule has 1 N–H and O–H groups in total. The van der Waals surface area contributed by atoms with Gasteiger partial charge in [0.2, 0.25) is 0 Å². The van der Waals surface area contributed by atoms with Gasteiger partial charge in [-0.3, -0.25) is 0 Å². The zero-order valence-corrected chi connectivity index (χ0v) is 12.1. The maximum absolute atomic E-state index is 10.5. The smallest absolute Gasteiger partial charge is 0.545 e. The third kappa shape index (κ3) is 15.8. The number of aliphatic hydroxyl groups is 1. The number of aliphatic carboxylic acids is 1. The number of ether oxygens (including phenoxy) is 1. The first kappa shape index (κ1) is 20.8. The average molecular weight is 238 g/mol. The first-order valence-corrected chi connectivity index (χ1v) is 4.09. The van der Waals surface area contributed by atoms with Crippen molar-refractivity contribution in [2.24, 2.45) is 0 Å². The summed E-state index contributed by atoms with van der Waals surface area (Å²) in [6.45, 7) is 10.7. The number of aliphatic hydroxyl groups excluding tert-OH is 1. The summed E-state index contributed by atoms with van der Waals surface area (Å²) in [5.74, 6) is -1.75. The van der Waals surface area contributed by atoms with E-state index in [1.165, 1.54) is 20.8 Å². The van der Waals surface area contributed by atoms with E-state index < -0.39 is 18.2 Å². The van der Waals surface area contributed by atoms with Crippen LogP contribution in [0.15, 0.2) is 24.3 Å². The van der Waals surface area contributed by atoms with Gasteiger partial charge >= 0.3 is 35.5 Å². The van der Waals surface area contributed by atoms with Crippen LogP contribution in [0.1, 0.15) is 20.8 Å². The van der Waals surface area contributed by atoms with E-state index in [0.717, 1.165) is 0 Å². The fourth-order valence-electron chi connectivity index (χ4n) is 0.255. The Morgan fingerprint density at radius 2 is 1.56 bits per heavy atom. The summed E-state index contributed by atoms with van der Waals surface area (Å²) in [4.78, 5) is 20.0. The van der Waals surface area contributed by atoms with Gasteiger partial charge < -0.3 is 19.7 Å². The number of carbonyl (C=O) groups is 2. The van der Waals surface area contributed by atoms with Crippen LogP contribution < -0.4 is 34.7 Å². The molecule has 0 aromatic heterocycles. The number of carboxylic acid groups (broad SMARTS) is 1. The van der Waals surface area contributed by atoms with Crippen molar-refractivity contribution in [1.29, 1.82) is 0 Å². The molecule has 0 amide bonds. The van der Waals surface area contributed by atoms with E-state index in [-0.39, 0.29) is 40.7 Å². The third-order valence-corrected chi connectivity index (χ3v) is 0.975. The molecule has 0 aromatic carbocycles. The Morgan fingerprint density at radius 1 is 1.25 bits per heavy atom. The topological polar surface area (TPSA) is 86.7 Å². The summed E-state index contributed by atoms with van der Waals surface area (Å²) >= 11 is 0. The van der Waals surface area contributed by atoms with Gasteiger partial charge in [-0.15, -0.1) is 0 Å². The van der Waals surface area contributed by atoms with Gasteiger partial charge in [-0.25, -0.2) is 4.79 Å². The van der Waals surface area contributed by atoms with Gasteiger partial charge in [0.1, 0.15) is 0 Å². The number of rotatable bonds is 3. The second-order valence-electron chi connectivity index (χ2n) is 2.85. The largest absolute Gasteiger partial charge is 1.00 e. The average Bonchev–Trinajstić information content (AvgIpc) is 2.03. The molecule has 0 bridgehead atoms. The van der Waals surface area contributed by atoms with Gasteiger partial charge in [0.05, 0.1) is 5.97 Å². The molecule has 1 unspecified atom stereocenters. The fraction of sp³-hybridized carbons (Fsp3) is 0.400. The van der Waals surface area contributed by atoms with Crippen molar-refractivity contribution in [1.82, 2.24) is 0 Å². The van der Waals surface area contributed by atoms with Crippen LogP contribution in [0.3, 0.4) is 0 Å². The standard InChI is InChI=1S/C6H10O3.C4H6O2.Na/c1-4(2)6(8)9-5(3)7;1-3(2)4(5)6;/h5,7H,1H2,2-3H3;1H2,2H3,(H,5,6);/q;;+1/p-1. The normalized spacial score (nSPS) is 9.75. The van der Waals surface area contributed by atoms with Gasteiger partial charge in [-0.05, 0) is 26.3 Å². The van der Waals surface area contributed by atoms with Crippen LogP contribution in [-0.4, -0.2) is 23.3 Å². The van der Waals surface area contributed by atoms with Crippen molar-refractivity contribution < 1.29 is 54.1 Å². The number of hydrogen-bond donors (Lipinski definition) is 1. The molecule has 0 aliphatic heterocycles.